The maximum absolute atomic E-state index is 8.60. The number of nitriles is 1. The van der Waals surface area contributed by atoms with Crippen molar-refractivity contribution in [1.29, 1.82) is 5.26 Å². The molecule has 0 atom stereocenters. The van der Waals surface area contributed by atoms with Crippen molar-refractivity contribution < 1.29 is 0 Å². The molecule has 0 saturated carbocycles. The van der Waals surface area contributed by atoms with E-state index in [9.17, 15) is 0 Å². The van der Waals surface area contributed by atoms with Crippen molar-refractivity contribution in [2.24, 2.45) is 0 Å². The lowest BCUT2D eigenvalue weighted by Gasteiger charge is -1.95. The highest BCUT2D eigenvalue weighted by molar-refractivity contribution is 7.20. The average molecular weight is 253 g/mol. The van der Waals surface area contributed by atoms with Crippen LogP contribution in [0, 0.1) is 11.3 Å². The van der Waals surface area contributed by atoms with Crippen molar-refractivity contribution in [3.8, 4) is 6.07 Å². The number of halogens is 3. The predicted molar refractivity (Wildman–Crippen MR) is 58.4 cm³/mol. The van der Waals surface area contributed by atoms with Crippen molar-refractivity contribution in [3.05, 3.63) is 25.9 Å². The molecule has 5 heteroatoms. The van der Waals surface area contributed by atoms with Crippen LogP contribution in [0.15, 0.2) is 11.6 Å². The van der Waals surface area contributed by atoms with Crippen LogP contribution in [0.1, 0.15) is 12.5 Å². The lowest BCUT2D eigenvalue weighted by atomic mass is 10.2. The van der Waals surface area contributed by atoms with E-state index in [1.165, 1.54) is 11.3 Å². The van der Waals surface area contributed by atoms with Crippen LogP contribution in [0.2, 0.25) is 8.67 Å². The second kappa shape index (κ2) is 4.34. The number of allylic oxidation sites excluding steroid dienone is 1. The van der Waals surface area contributed by atoms with Crippen molar-refractivity contribution in [3.63, 3.8) is 0 Å². The minimum atomic E-state index is 0.357. The topological polar surface area (TPSA) is 23.8 Å². The van der Waals surface area contributed by atoms with Crippen molar-refractivity contribution >= 4 is 51.2 Å². The zero-order valence-electron chi connectivity index (χ0n) is 6.57. The van der Waals surface area contributed by atoms with E-state index in [-0.39, 0.29) is 0 Å². The average Bonchev–Trinajstić information content (AvgIpc) is 2.42. The fraction of sp³-hybridized carbons (Fsp3) is 0.125. The fourth-order valence-electron chi connectivity index (χ4n) is 0.741. The van der Waals surface area contributed by atoms with E-state index >= 15 is 0 Å². The number of rotatable bonds is 1. The third kappa shape index (κ3) is 2.38. The molecule has 0 aliphatic carbocycles. The van der Waals surface area contributed by atoms with Crippen molar-refractivity contribution in [1.82, 2.24) is 0 Å². The molecule has 1 nitrogen and oxygen atoms in total. The Labute approximate surface area is 95.1 Å². The Morgan fingerprint density at radius 2 is 2.15 bits per heavy atom. The summed E-state index contributed by atoms with van der Waals surface area (Å²) in [4.78, 5) is 0. The van der Waals surface area contributed by atoms with Gasteiger partial charge in [0.1, 0.15) is 4.34 Å². The molecule has 68 valence electrons. The van der Waals surface area contributed by atoms with Gasteiger partial charge in [0.25, 0.3) is 0 Å². The lowest BCUT2D eigenvalue weighted by Crippen LogP contribution is -1.77. The highest BCUT2D eigenvalue weighted by Crippen LogP contribution is 2.38. The third-order valence-corrected chi connectivity index (χ3v) is 3.36. The maximum Gasteiger partial charge on any atom is 0.103 e. The molecule has 0 fully saturated rings. The van der Waals surface area contributed by atoms with Gasteiger partial charge in [-0.15, -0.1) is 11.3 Å². The second-order valence-corrected chi connectivity index (χ2v) is 4.95. The summed E-state index contributed by atoms with van der Waals surface area (Å²) in [7, 11) is 0. The minimum absolute atomic E-state index is 0.357. The number of thiophene rings is 1. The van der Waals surface area contributed by atoms with Gasteiger partial charge in [0.2, 0.25) is 0 Å². The molecule has 1 aromatic heterocycles. The van der Waals surface area contributed by atoms with Crippen LogP contribution in [0.3, 0.4) is 0 Å². The summed E-state index contributed by atoms with van der Waals surface area (Å²) >= 11 is 18.7. The molecule has 0 spiro atoms. The van der Waals surface area contributed by atoms with Crippen LogP contribution < -0.4 is 0 Å². The molecule has 0 unspecified atom stereocenters. The molecule has 0 N–H and O–H groups in total. The first-order chi connectivity index (χ1) is 6.06. The number of hydrogen-bond acceptors (Lipinski definition) is 2. The van der Waals surface area contributed by atoms with Gasteiger partial charge < -0.3 is 0 Å². The molecular formula is C8H4Cl3NS. The minimum Gasteiger partial charge on any atom is -0.193 e. The first-order valence-corrected chi connectivity index (χ1v) is 5.23. The van der Waals surface area contributed by atoms with Gasteiger partial charge in [-0.25, -0.2) is 0 Å². The Balaban J connectivity index is 3.25. The second-order valence-electron chi connectivity index (χ2n) is 2.29. The van der Waals surface area contributed by atoms with Crippen LogP contribution >= 0.6 is 46.1 Å². The maximum atomic E-state index is 8.60. The molecule has 1 aromatic rings. The first kappa shape index (κ1) is 10.9. The van der Waals surface area contributed by atoms with Gasteiger partial charge in [-0.1, -0.05) is 34.8 Å². The van der Waals surface area contributed by atoms with Crippen LogP contribution in [0.4, 0.5) is 0 Å². The molecule has 0 radical (unpaired) electrons. The van der Waals surface area contributed by atoms with Crippen LogP contribution in [0.25, 0.3) is 5.03 Å². The van der Waals surface area contributed by atoms with E-state index in [1.807, 2.05) is 6.07 Å². The summed E-state index contributed by atoms with van der Waals surface area (Å²) in [5.74, 6) is 0. The first-order valence-electron chi connectivity index (χ1n) is 3.28. The normalized spacial score (nSPS) is 12.2. The van der Waals surface area contributed by atoms with E-state index in [2.05, 4.69) is 0 Å². The van der Waals surface area contributed by atoms with Gasteiger partial charge in [0, 0.05) is 11.1 Å². The fourth-order valence-corrected chi connectivity index (χ4v) is 2.51. The number of hydrogen-bond donors (Lipinski definition) is 0. The smallest absolute Gasteiger partial charge is 0.103 e. The summed E-state index contributed by atoms with van der Waals surface area (Å²) in [6.07, 6.45) is 0. The summed E-state index contributed by atoms with van der Waals surface area (Å²) in [6.45, 7) is 1.63. The SMILES string of the molecule is C/C(C#N)=C(/Cl)c1cc(Cl)sc1Cl. The van der Waals surface area contributed by atoms with Gasteiger partial charge in [0.05, 0.1) is 15.4 Å². The number of nitrogens with zero attached hydrogens (tertiary/aromatic N) is 1. The van der Waals surface area contributed by atoms with Crippen LogP contribution in [-0.2, 0) is 0 Å². The highest BCUT2D eigenvalue weighted by atomic mass is 35.5. The van der Waals surface area contributed by atoms with Gasteiger partial charge in [-0.2, -0.15) is 5.26 Å². The Bertz CT molecular complexity index is 400. The molecular weight excluding hydrogens is 249 g/mol. The summed E-state index contributed by atoms with van der Waals surface area (Å²) < 4.78 is 1.06. The monoisotopic (exact) mass is 251 g/mol. The Hall–Kier alpha value is -0.200. The van der Waals surface area contributed by atoms with E-state index in [1.54, 1.807) is 13.0 Å². The van der Waals surface area contributed by atoms with Gasteiger partial charge in [-0.3, -0.25) is 0 Å². The predicted octanol–water partition coefficient (Wildman–Crippen LogP) is 4.55. The van der Waals surface area contributed by atoms with E-state index < -0.39 is 0 Å². The van der Waals surface area contributed by atoms with Gasteiger partial charge in [-0.05, 0) is 13.0 Å². The molecule has 0 bridgehead atoms. The third-order valence-electron chi connectivity index (χ3n) is 1.39. The Morgan fingerprint density at radius 1 is 1.54 bits per heavy atom. The molecule has 13 heavy (non-hydrogen) atoms. The van der Waals surface area contributed by atoms with Crippen molar-refractivity contribution in [2.75, 3.05) is 0 Å². The van der Waals surface area contributed by atoms with E-state index in [0.29, 0.717) is 24.8 Å². The molecule has 0 aliphatic heterocycles. The quantitative estimate of drug-likeness (QED) is 0.673. The molecule has 0 aromatic carbocycles. The molecule has 0 amide bonds. The van der Waals surface area contributed by atoms with Crippen LogP contribution in [0.5, 0.6) is 0 Å². The standard InChI is InChI=1S/C8H4Cl3NS/c1-4(3-12)7(10)5-2-6(9)13-8(5)11/h2H,1H3/b7-4-. The molecule has 0 saturated heterocycles. The van der Waals surface area contributed by atoms with Crippen molar-refractivity contribution in [2.45, 2.75) is 6.92 Å². The van der Waals surface area contributed by atoms with Gasteiger partial charge >= 0.3 is 0 Å². The lowest BCUT2D eigenvalue weighted by molar-refractivity contribution is 1.45. The molecule has 1 rings (SSSR count). The summed E-state index contributed by atoms with van der Waals surface area (Å²) in [6, 6.07) is 3.60. The largest absolute Gasteiger partial charge is 0.193 e. The summed E-state index contributed by atoms with van der Waals surface area (Å²) in [5.41, 5.74) is 1.05. The summed E-state index contributed by atoms with van der Waals surface area (Å²) in [5, 5.41) is 8.96. The Morgan fingerprint density at radius 3 is 2.54 bits per heavy atom. The van der Waals surface area contributed by atoms with Crippen LogP contribution in [-0.4, -0.2) is 0 Å². The Kier molecular flexibility index (Phi) is 3.63. The zero-order chi connectivity index (χ0) is 10.0. The highest BCUT2D eigenvalue weighted by Gasteiger charge is 2.11. The zero-order valence-corrected chi connectivity index (χ0v) is 9.65. The molecule has 1 heterocycles. The van der Waals surface area contributed by atoms with E-state index in [4.69, 9.17) is 40.1 Å². The van der Waals surface area contributed by atoms with E-state index in [0.717, 1.165) is 0 Å². The molecule has 0 aliphatic rings. The van der Waals surface area contributed by atoms with Gasteiger partial charge in [0.15, 0.2) is 0 Å².